The number of nitrogens with two attached hydrogens (primary N) is 1. The second kappa shape index (κ2) is 8.56. The van der Waals surface area contributed by atoms with E-state index in [0.29, 0.717) is 6.61 Å². The maximum atomic E-state index is 11.6. The third-order valence-electron chi connectivity index (χ3n) is 3.52. The van der Waals surface area contributed by atoms with Gasteiger partial charge in [-0.15, -0.1) is 12.4 Å². The summed E-state index contributed by atoms with van der Waals surface area (Å²) in [4.78, 5) is 11.6. The highest BCUT2D eigenvalue weighted by Crippen LogP contribution is 2.28. The Bertz CT molecular complexity index is 636. The van der Waals surface area contributed by atoms with Crippen LogP contribution in [0.5, 0.6) is 5.75 Å². The van der Waals surface area contributed by atoms with Crippen molar-refractivity contribution in [2.75, 3.05) is 7.11 Å². The van der Waals surface area contributed by atoms with Crippen LogP contribution in [-0.4, -0.2) is 13.1 Å². The lowest BCUT2D eigenvalue weighted by atomic mass is 10.0. The predicted octanol–water partition coefficient (Wildman–Crippen LogP) is 3.48. The normalized spacial score (nSPS) is 11.3. The van der Waals surface area contributed by atoms with Gasteiger partial charge >= 0.3 is 5.97 Å². The zero-order valence-corrected chi connectivity index (χ0v) is 14.4. The van der Waals surface area contributed by atoms with E-state index < -0.39 is 12.0 Å². The Morgan fingerprint density at radius 1 is 1.13 bits per heavy atom. The van der Waals surface area contributed by atoms with E-state index in [1.807, 2.05) is 56.3 Å². The number of hydrogen-bond donors (Lipinski definition) is 1. The predicted molar refractivity (Wildman–Crippen MR) is 92.9 cm³/mol. The van der Waals surface area contributed by atoms with Crippen molar-refractivity contribution in [3.05, 3.63) is 64.7 Å². The van der Waals surface area contributed by atoms with Crippen LogP contribution < -0.4 is 10.5 Å². The summed E-state index contributed by atoms with van der Waals surface area (Å²) < 4.78 is 10.6. The van der Waals surface area contributed by atoms with Gasteiger partial charge in [0, 0.05) is 0 Å². The van der Waals surface area contributed by atoms with E-state index in [4.69, 9.17) is 10.5 Å². The molecule has 124 valence electrons. The molecule has 0 aliphatic heterocycles. The summed E-state index contributed by atoms with van der Waals surface area (Å²) in [5.74, 6) is 0.376. The molecule has 2 N–H and O–H groups in total. The number of methoxy groups -OCH3 is 1. The number of aryl methyl sites for hydroxylation is 2. The summed E-state index contributed by atoms with van der Waals surface area (Å²) in [5.41, 5.74) is 9.62. The number of halogens is 1. The lowest BCUT2D eigenvalue weighted by molar-refractivity contribution is -0.142. The minimum Gasteiger partial charge on any atom is -0.488 e. The average molecular weight is 336 g/mol. The highest BCUT2D eigenvalue weighted by atomic mass is 35.5. The van der Waals surface area contributed by atoms with Crippen LogP contribution in [0.2, 0.25) is 0 Å². The molecule has 0 aromatic heterocycles. The number of ether oxygens (including phenoxy) is 2. The molecule has 1 atom stereocenters. The summed E-state index contributed by atoms with van der Waals surface area (Å²) in [7, 11) is 1.33. The largest absolute Gasteiger partial charge is 0.488 e. The Hall–Kier alpha value is -2.04. The summed E-state index contributed by atoms with van der Waals surface area (Å²) >= 11 is 0. The quantitative estimate of drug-likeness (QED) is 0.850. The number of hydrogen-bond acceptors (Lipinski definition) is 4. The van der Waals surface area contributed by atoms with Crippen molar-refractivity contribution < 1.29 is 14.3 Å². The molecule has 0 radical (unpaired) electrons. The SMILES string of the molecule is COC(=O)[C@@H](N)c1cc(C)c(OCc2ccccc2)c(C)c1.Cl. The van der Waals surface area contributed by atoms with Gasteiger partial charge in [-0.05, 0) is 36.1 Å². The topological polar surface area (TPSA) is 61.5 Å². The highest BCUT2D eigenvalue weighted by molar-refractivity contribution is 5.85. The fourth-order valence-corrected chi connectivity index (χ4v) is 2.38. The van der Waals surface area contributed by atoms with Gasteiger partial charge in [0.1, 0.15) is 18.4 Å². The van der Waals surface area contributed by atoms with Crippen molar-refractivity contribution >= 4 is 18.4 Å². The molecule has 0 bridgehead atoms. The van der Waals surface area contributed by atoms with Crippen molar-refractivity contribution in [2.45, 2.75) is 26.5 Å². The Morgan fingerprint density at radius 2 is 1.70 bits per heavy atom. The van der Waals surface area contributed by atoms with Gasteiger partial charge < -0.3 is 15.2 Å². The van der Waals surface area contributed by atoms with E-state index in [1.165, 1.54) is 7.11 Å². The van der Waals surface area contributed by atoms with E-state index in [9.17, 15) is 4.79 Å². The monoisotopic (exact) mass is 335 g/mol. The zero-order chi connectivity index (χ0) is 16.1. The standard InChI is InChI=1S/C18H21NO3.ClH/c1-12-9-15(16(19)18(20)21-3)10-13(2)17(12)22-11-14-7-5-4-6-8-14;/h4-10,16H,11,19H2,1-3H3;1H/t16-;/m0./s1. The van der Waals surface area contributed by atoms with Gasteiger partial charge in [-0.3, -0.25) is 4.79 Å². The molecule has 0 fully saturated rings. The van der Waals surface area contributed by atoms with E-state index in [2.05, 4.69) is 4.74 Å². The Kier molecular flexibility index (Phi) is 7.07. The molecule has 0 spiro atoms. The lowest BCUT2D eigenvalue weighted by Crippen LogP contribution is -2.22. The molecule has 0 saturated carbocycles. The van der Waals surface area contributed by atoms with Crippen LogP contribution in [0.4, 0.5) is 0 Å². The smallest absolute Gasteiger partial charge is 0.327 e. The lowest BCUT2D eigenvalue weighted by Gasteiger charge is -2.16. The first-order chi connectivity index (χ1) is 10.5. The number of benzene rings is 2. The van der Waals surface area contributed by atoms with Gasteiger partial charge in [-0.25, -0.2) is 0 Å². The van der Waals surface area contributed by atoms with Gasteiger partial charge in [0.2, 0.25) is 0 Å². The second-order valence-electron chi connectivity index (χ2n) is 5.26. The maximum absolute atomic E-state index is 11.6. The van der Waals surface area contributed by atoms with Crippen LogP contribution in [0.1, 0.15) is 28.3 Å². The third kappa shape index (κ3) is 4.71. The van der Waals surface area contributed by atoms with E-state index >= 15 is 0 Å². The Labute approximate surface area is 143 Å². The van der Waals surface area contributed by atoms with Crippen LogP contribution in [0, 0.1) is 13.8 Å². The van der Waals surface area contributed by atoms with Crippen molar-refractivity contribution in [1.29, 1.82) is 0 Å². The van der Waals surface area contributed by atoms with Gasteiger partial charge in [-0.2, -0.15) is 0 Å². The maximum Gasteiger partial charge on any atom is 0.327 e. The molecule has 0 amide bonds. The fraction of sp³-hybridized carbons (Fsp3) is 0.278. The minimum atomic E-state index is -0.773. The molecule has 0 aliphatic rings. The van der Waals surface area contributed by atoms with Crippen LogP contribution in [0.25, 0.3) is 0 Å². The molecular weight excluding hydrogens is 314 g/mol. The molecule has 0 heterocycles. The van der Waals surface area contributed by atoms with Gasteiger partial charge in [0.25, 0.3) is 0 Å². The Balaban J connectivity index is 0.00000264. The van der Waals surface area contributed by atoms with Crippen LogP contribution in [0.3, 0.4) is 0 Å². The molecule has 2 aromatic rings. The summed E-state index contributed by atoms with van der Waals surface area (Å²) in [5, 5.41) is 0. The number of esters is 1. The van der Waals surface area contributed by atoms with Crippen molar-refractivity contribution in [3.63, 3.8) is 0 Å². The number of carbonyl (C=O) groups is 1. The first-order valence-corrected chi connectivity index (χ1v) is 7.14. The van der Waals surface area contributed by atoms with E-state index in [0.717, 1.165) is 28.0 Å². The summed E-state index contributed by atoms with van der Waals surface area (Å²) in [6, 6.07) is 12.9. The van der Waals surface area contributed by atoms with E-state index in [-0.39, 0.29) is 12.4 Å². The molecule has 4 nitrogen and oxygen atoms in total. The molecule has 2 rings (SSSR count). The van der Waals surface area contributed by atoms with Gasteiger partial charge in [0.05, 0.1) is 7.11 Å². The second-order valence-corrected chi connectivity index (χ2v) is 5.26. The first kappa shape index (κ1) is 19.0. The molecular formula is C18H22ClNO3. The fourth-order valence-electron chi connectivity index (χ4n) is 2.38. The molecule has 2 aromatic carbocycles. The number of carbonyl (C=O) groups excluding carboxylic acids is 1. The molecule has 0 saturated heterocycles. The van der Waals surface area contributed by atoms with Crippen molar-refractivity contribution in [3.8, 4) is 5.75 Å². The third-order valence-corrected chi connectivity index (χ3v) is 3.52. The van der Waals surface area contributed by atoms with Gasteiger partial charge in [0.15, 0.2) is 0 Å². The molecule has 0 aliphatic carbocycles. The zero-order valence-electron chi connectivity index (χ0n) is 13.5. The minimum absolute atomic E-state index is 0. The van der Waals surface area contributed by atoms with Crippen LogP contribution >= 0.6 is 12.4 Å². The van der Waals surface area contributed by atoms with Gasteiger partial charge in [-0.1, -0.05) is 42.5 Å². The highest BCUT2D eigenvalue weighted by Gasteiger charge is 2.18. The number of rotatable bonds is 5. The van der Waals surface area contributed by atoms with Crippen LogP contribution in [0.15, 0.2) is 42.5 Å². The summed E-state index contributed by atoms with van der Waals surface area (Å²) in [6.07, 6.45) is 0. The summed E-state index contributed by atoms with van der Waals surface area (Å²) in [6.45, 7) is 4.40. The average Bonchev–Trinajstić information content (AvgIpc) is 2.53. The van der Waals surface area contributed by atoms with Crippen molar-refractivity contribution in [1.82, 2.24) is 0 Å². The Morgan fingerprint density at radius 3 is 2.22 bits per heavy atom. The molecule has 0 unspecified atom stereocenters. The van der Waals surface area contributed by atoms with Crippen LogP contribution in [-0.2, 0) is 16.1 Å². The molecule has 5 heteroatoms. The van der Waals surface area contributed by atoms with Crippen molar-refractivity contribution in [2.24, 2.45) is 5.73 Å². The first-order valence-electron chi connectivity index (χ1n) is 7.14. The molecule has 23 heavy (non-hydrogen) atoms. The van der Waals surface area contributed by atoms with E-state index in [1.54, 1.807) is 0 Å².